The maximum atomic E-state index is 13.1. The van der Waals surface area contributed by atoms with Crippen LogP contribution < -0.4 is 0 Å². The van der Waals surface area contributed by atoms with E-state index in [-0.39, 0.29) is 24.7 Å². The third kappa shape index (κ3) is 29.2. The summed E-state index contributed by atoms with van der Waals surface area (Å²) in [6, 6.07) is 0. The van der Waals surface area contributed by atoms with Crippen molar-refractivity contribution in [2.24, 2.45) is 0 Å². The summed E-state index contributed by atoms with van der Waals surface area (Å²) in [6.45, 7) is 5.90. The summed E-state index contributed by atoms with van der Waals surface area (Å²) < 4.78 is 33.1. The summed E-state index contributed by atoms with van der Waals surface area (Å²) in [5, 5.41) is 0. The molecule has 0 saturated carbocycles. The highest BCUT2D eigenvalue weighted by atomic mass is 32.3. The molecule has 276 valence electrons. The maximum Gasteiger partial charge on any atom is 0.401 e. The first-order valence-electron chi connectivity index (χ1n) is 19.4. The van der Waals surface area contributed by atoms with Gasteiger partial charge in [0, 0.05) is 12.8 Å². The van der Waals surface area contributed by atoms with Crippen molar-refractivity contribution in [3.8, 4) is 0 Å². The number of hydrogen-bond donors (Lipinski definition) is 0. The first-order valence-corrected chi connectivity index (χ1v) is 20.8. The molecule has 0 aromatic heterocycles. The number of carbonyl (C=O) groups excluding carboxylic acids is 2. The Hall–Kier alpha value is -1.51. The molecular weight excluding hydrogens is 610 g/mol. The van der Waals surface area contributed by atoms with Crippen LogP contribution in [0.1, 0.15) is 201 Å². The zero-order valence-electron chi connectivity index (χ0n) is 31.0. The smallest absolute Gasteiger partial charge is 0.274 e. The summed E-state index contributed by atoms with van der Waals surface area (Å²) in [5.41, 5.74) is 0. The van der Waals surface area contributed by atoms with Crippen molar-refractivity contribution >= 4 is 22.2 Å². The van der Waals surface area contributed by atoms with Crippen LogP contribution in [-0.2, 0) is 28.4 Å². The number of nitrogens with zero attached hydrogens (tertiary/aromatic N) is 1. The van der Waals surface area contributed by atoms with Crippen molar-refractivity contribution in [1.29, 1.82) is 0 Å². The van der Waals surface area contributed by atoms with Gasteiger partial charge in [-0.25, -0.2) is 4.18 Å². The summed E-state index contributed by atoms with van der Waals surface area (Å²) in [7, 11) is -3.30. The molecule has 0 bridgehead atoms. The summed E-state index contributed by atoms with van der Waals surface area (Å²) in [5.74, 6) is -0.779. The first-order chi connectivity index (χ1) is 22.8. The van der Waals surface area contributed by atoms with Crippen LogP contribution >= 0.6 is 0 Å². The standard InChI is InChI=1S/C39H73NO6S/c1-5-7-9-11-13-15-17-19-21-23-25-27-29-31-33-35-38(41)40(37(3)46-47(43,44)45-4)39(42)36-34-32-30-28-26-24-22-20-18-16-14-12-10-8-6-2/h19-22,37H,5-18,23-36H2,1-4H3/b21-19-,22-20-. The topological polar surface area (TPSA) is 90.0 Å². The molecule has 0 rings (SSSR count). The van der Waals surface area contributed by atoms with Gasteiger partial charge in [-0.15, -0.1) is 0 Å². The van der Waals surface area contributed by atoms with E-state index in [1.165, 1.54) is 96.8 Å². The van der Waals surface area contributed by atoms with Gasteiger partial charge < -0.3 is 0 Å². The van der Waals surface area contributed by atoms with Gasteiger partial charge in [0.2, 0.25) is 11.8 Å². The zero-order valence-corrected chi connectivity index (χ0v) is 31.8. The van der Waals surface area contributed by atoms with Gasteiger partial charge in [0.05, 0.1) is 7.11 Å². The van der Waals surface area contributed by atoms with Crippen LogP contribution in [0.15, 0.2) is 24.3 Å². The molecule has 0 aliphatic carbocycles. The van der Waals surface area contributed by atoms with Crippen LogP contribution in [-0.4, -0.2) is 38.5 Å². The summed E-state index contributed by atoms with van der Waals surface area (Å²) >= 11 is 0. The van der Waals surface area contributed by atoms with Crippen molar-refractivity contribution < 1.29 is 26.4 Å². The van der Waals surface area contributed by atoms with Gasteiger partial charge in [-0.05, 0) is 71.1 Å². The van der Waals surface area contributed by atoms with Crippen LogP contribution in [0.5, 0.6) is 0 Å². The lowest BCUT2D eigenvalue weighted by Gasteiger charge is -2.26. The Labute approximate surface area is 291 Å². The van der Waals surface area contributed by atoms with Gasteiger partial charge in [0.15, 0.2) is 6.23 Å². The van der Waals surface area contributed by atoms with Crippen molar-refractivity contribution in [2.75, 3.05) is 7.11 Å². The van der Waals surface area contributed by atoms with E-state index in [1.54, 1.807) is 0 Å². The predicted molar refractivity (Wildman–Crippen MR) is 197 cm³/mol. The second-order valence-corrected chi connectivity index (χ2v) is 14.4. The molecule has 2 amide bonds. The average Bonchev–Trinajstić information content (AvgIpc) is 3.04. The van der Waals surface area contributed by atoms with E-state index >= 15 is 0 Å². The molecule has 0 fully saturated rings. The van der Waals surface area contributed by atoms with Crippen LogP contribution in [0.2, 0.25) is 0 Å². The Morgan fingerprint density at radius 3 is 1.15 bits per heavy atom. The molecule has 0 aliphatic heterocycles. The second kappa shape index (κ2) is 33.0. The quantitative estimate of drug-likeness (QED) is 0.0381. The lowest BCUT2D eigenvalue weighted by Crippen LogP contribution is -2.45. The molecule has 1 atom stereocenters. The van der Waals surface area contributed by atoms with E-state index in [0.717, 1.165) is 76.2 Å². The minimum Gasteiger partial charge on any atom is -0.274 e. The van der Waals surface area contributed by atoms with Gasteiger partial charge in [-0.2, -0.15) is 8.42 Å². The highest BCUT2D eigenvalue weighted by molar-refractivity contribution is 7.81. The molecule has 0 aliphatic rings. The van der Waals surface area contributed by atoms with E-state index in [2.05, 4.69) is 42.3 Å². The van der Waals surface area contributed by atoms with Crippen LogP contribution in [0.4, 0.5) is 0 Å². The molecule has 0 radical (unpaired) electrons. The van der Waals surface area contributed by atoms with Crippen molar-refractivity contribution in [3.63, 3.8) is 0 Å². The molecule has 47 heavy (non-hydrogen) atoms. The fraction of sp³-hybridized carbons (Fsp3) is 0.846. The van der Waals surface area contributed by atoms with Gasteiger partial charge in [-0.3, -0.25) is 18.7 Å². The lowest BCUT2D eigenvalue weighted by molar-refractivity contribution is -0.153. The fourth-order valence-corrected chi connectivity index (χ4v) is 6.24. The number of allylic oxidation sites excluding steroid dienone is 4. The molecule has 0 N–H and O–H groups in total. The van der Waals surface area contributed by atoms with Gasteiger partial charge in [-0.1, -0.05) is 141 Å². The van der Waals surface area contributed by atoms with E-state index in [0.29, 0.717) is 12.8 Å². The summed E-state index contributed by atoms with van der Waals surface area (Å²) in [4.78, 5) is 27.1. The van der Waals surface area contributed by atoms with Gasteiger partial charge in [0.25, 0.3) is 0 Å². The van der Waals surface area contributed by atoms with Crippen molar-refractivity contribution in [3.05, 3.63) is 24.3 Å². The Kier molecular flexibility index (Phi) is 31.9. The minimum atomic E-state index is -4.29. The van der Waals surface area contributed by atoms with Crippen molar-refractivity contribution in [2.45, 2.75) is 207 Å². The Morgan fingerprint density at radius 2 is 0.830 bits per heavy atom. The van der Waals surface area contributed by atoms with Crippen LogP contribution in [0.25, 0.3) is 0 Å². The number of rotatable bonds is 34. The van der Waals surface area contributed by atoms with E-state index < -0.39 is 16.6 Å². The van der Waals surface area contributed by atoms with E-state index in [1.807, 2.05) is 0 Å². The molecule has 0 saturated heterocycles. The molecule has 1 unspecified atom stereocenters. The number of amides is 2. The average molecular weight is 684 g/mol. The molecule has 0 heterocycles. The van der Waals surface area contributed by atoms with E-state index in [9.17, 15) is 18.0 Å². The van der Waals surface area contributed by atoms with Crippen molar-refractivity contribution in [1.82, 2.24) is 4.90 Å². The van der Waals surface area contributed by atoms with Gasteiger partial charge in [0.1, 0.15) is 0 Å². The zero-order chi connectivity index (χ0) is 34.9. The number of hydrogen-bond acceptors (Lipinski definition) is 6. The third-order valence-corrected chi connectivity index (χ3v) is 9.59. The molecule has 0 spiro atoms. The second-order valence-electron chi connectivity index (χ2n) is 13.1. The first kappa shape index (κ1) is 45.5. The fourth-order valence-electron chi connectivity index (χ4n) is 5.73. The number of unbranched alkanes of at least 4 members (excludes halogenated alkanes) is 22. The van der Waals surface area contributed by atoms with Crippen LogP contribution in [0, 0.1) is 0 Å². The maximum absolute atomic E-state index is 13.1. The Bertz CT molecular complexity index is 849. The normalized spacial score (nSPS) is 12.8. The van der Waals surface area contributed by atoms with Crippen LogP contribution in [0.3, 0.4) is 0 Å². The molecule has 8 heteroatoms. The number of carbonyl (C=O) groups is 2. The molecule has 0 aromatic rings. The highest BCUT2D eigenvalue weighted by Crippen LogP contribution is 2.17. The lowest BCUT2D eigenvalue weighted by atomic mass is 10.1. The molecular formula is C39H73NO6S. The largest absolute Gasteiger partial charge is 0.401 e. The third-order valence-electron chi connectivity index (χ3n) is 8.67. The number of imide groups is 1. The minimum absolute atomic E-state index is 0.191. The highest BCUT2D eigenvalue weighted by Gasteiger charge is 2.30. The van der Waals surface area contributed by atoms with E-state index in [4.69, 9.17) is 4.18 Å². The Balaban J connectivity index is 4.28. The molecule has 0 aromatic carbocycles. The summed E-state index contributed by atoms with van der Waals surface area (Å²) in [6.07, 6.45) is 38.5. The monoisotopic (exact) mass is 684 g/mol. The SMILES string of the molecule is CCCCCCCC/C=C\CCCCCCCC(=O)N(C(=O)CCCCCCC/C=C\CCCCCCCC)C(C)OS(=O)(=O)OC. The predicted octanol–water partition coefficient (Wildman–Crippen LogP) is 11.7. The Morgan fingerprint density at radius 1 is 0.532 bits per heavy atom. The van der Waals surface area contributed by atoms with Gasteiger partial charge >= 0.3 is 10.4 Å². The molecule has 7 nitrogen and oxygen atoms in total.